The van der Waals surface area contributed by atoms with E-state index in [1.54, 1.807) is 36.4 Å². The first-order chi connectivity index (χ1) is 12.1. The van der Waals surface area contributed by atoms with Crippen LogP contribution in [0.4, 0.5) is 11.6 Å². The predicted octanol–water partition coefficient (Wildman–Crippen LogP) is 2.19. The minimum atomic E-state index is -0.490. The number of non-ortho nitro benzene ring substituents is 1. The van der Waals surface area contributed by atoms with Crippen molar-refractivity contribution in [3.05, 3.63) is 80.6 Å². The molecule has 0 saturated carbocycles. The highest BCUT2D eigenvalue weighted by molar-refractivity contribution is 5.81. The first kappa shape index (κ1) is 16.0. The Morgan fingerprint density at radius 3 is 2.64 bits per heavy atom. The van der Waals surface area contributed by atoms with Gasteiger partial charge < -0.3 is 0 Å². The molecule has 0 aliphatic carbocycles. The molecule has 3 aromatic rings. The molecule has 2 aromatic carbocycles. The summed E-state index contributed by atoms with van der Waals surface area (Å²) in [7, 11) is 0. The van der Waals surface area contributed by atoms with Crippen LogP contribution in [0.15, 0.2) is 64.5 Å². The molecule has 0 unspecified atom stereocenters. The third-order valence-electron chi connectivity index (χ3n) is 3.21. The van der Waals surface area contributed by atoms with Crippen molar-refractivity contribution in [3.8, 4) is 11.3 Å². The van der Waals surface area contributed by atoms with E-state index >= 15 is 0 Å². The molecule has 0 radical (unpaired) electrons. The second kappa shape index (κ2) is 7.13. The number of nitro benzene ring substituents is 1. The van der Waals surface area contributed by atoms with E-state index in [1.165, 1.54) is 18.3 Å². The topological polar surface area (TPSA) is 126 Å². The normalized spacial score (nSPS) is 10.7. The Hall–Kier alpha value is -3.88. The third kappa shape index (κ3) is 3.91. The molecule has 3 rings (SSSR count). The molecule has 0 saturated heterocycles. The summed E-state index contributed by atoms with van der Waals surface area (Å²) >= 11 is 0. The number of benzene rings is 2. The van der Waals surface area contributed by atoms with Crippen LogP contribution in [0.25, 0.3) is 11.3 Å². The fourth-order valence-electron chi connectivity index (χ4n) is 2.06. The van der Waals surface area contributed by atoms with Crippen LogP contribution in [0.5, 0.6) is 0 Å². The lowest BCUT2D eigenvalue weighted by Gasteiger charge is -2.01. The van der Waals surface area contributed by atoms with Gasteiger partial charge in [-0.15, -0.1) is 10.2 Å². The number of hydrazone groups is 1. The highest BCUT2D eigenvalue weighted by Gasteiger charge is 2.07. The summed E-state index contributed by atoms with van der Waals surface area (Å²) in [6.45, 7) is 0. The van der Waals surface area contributed by atoms with Gasteiger partial charge in [-0.25, -0.2) is 5.43 Å². The number of nitrogens with zero attached hydrogens (tertiary/aromatic N) is 4. The van der Waals surface area contributed by atoms with Crippen LogP contribution in [0, 0.1) is 10.1 Å². The summed E-state index contributed by atoms with van der Waals surface area (Å²) in [6.07, 6.45) is 1.37. The number of nitro groups is 1. The third-order valence-corrected chi connectivity index (χ3v) is 3.21. The van der Waals surface area contributed by atoms with Crippen LogP contribution >= 0.6 is 0 Å². The number of aromatic amines is 1. The van der Waals surface area contributed by atoms with Crippen molar-refractivity contribution >= 4 is 17.9 Å². The highest BCUT2D eigenvalue weighted by Crippen LogP contribution is 2.12. The number of nitrogens with one attached hydrogen (secondary N) is 2. The smallest absolute Gasteiger partial charge is 0.279 e. The summed E-state index contributed by atoms with van der Waals surface area (Å²) in [5.74, 6) is 0.0614. The highest BCUT2D eigenvalue weighted by atomic mass is 16.6. The second-order valence-corrected chi connectivity index (χ2v) is 4.94. The molecule has 9 nitrogen and oxygen atoms in total. The molecular formula is C16H12N6O3. The van der Waals surface area contributed by atoms with Crippen molar-refractivity contribution in [2.75, 3.05) is 5.43 Å². The molecule has 1 aromatic heterocycles. The van der Waals surface area contributed by atoms with Crippen molar-refractivity contribution in [1.29, 1.82) is 0 Å². The standard InChI is InChI=1S/C16H12N6O3/c23-15-14(12-6-2-1-3-7-12)19-21-16(18-15)20-17-10-11-5-4-8-13(9-11)22(24)25/h1-10H,(H2,18,20,21,23). The summed E-state index contributed by atoms with van der Waals surface area (Å²) in [5.41, 5.74) is 3.47. The monoisotopic (exact) mass is 336 g/mol. The maximum atomic E-state index is 12.1. The molecule has 0 amide bonds. The van der Waals surface area contributed by atoms with Gasteiger partial charge in [0.05, 0.1) is 11.1 Å². The lowest BCUT2D eigenvalue weighted by atomic mass is 10.2. The van der Waals surface area contributed by atoms with Crippen molar-refractivity contribution < 1.29 is 4.92 Å². The number of hydrogen-bond donors (Lipinski definition) is 2. The SMILES string of the molecule is O=c1[nH]c(NN=Cc2cccc([N+](=O)[O-])c2)nnc1-c1ccccc1. The zero-order valence-electron chi connectivity index (χ0n) is 12.8. The quantitative estimate of drug-likeness (QED) is 0.418. The van der Waals surface area contributed by atoms with E-state index in [-0.39, 0.29) is 17.3 Å². The van der Waals surface area contributed by atoms with Gasteiger partial charge in [0.1, 0.15) is 0 Å². The van der Waals surface area contributed by atoms with Gasteiger partial charge in [0.25, 0.3) is 11.2 Å². The molecule has 124 valence electrons. The number of anilines is 1. The molecule has 0 fully saturated rings. The second-order valence-electron chi connectivity index (χ2n) is 4.94. The first-order valence-corrected chi connectivity index (χ1v) is 7.19. The molecule has 2 N–H and O–H groups in total. The average molecular weight is 336 g/mol. The van der Waals surface area contributed by atoms with E-state index in [4.69, 9.17) is 0 Å². The van der Waals surface area contributed by atoms with Crippen LogP contribution in [0.3, 0.4) is 0 Å². The van der Waals surface area contributed by atoms with Crippen LogP contribution < -0.4 is 11.0 Å². The van der Waals surface area contributed by atoms with Crippen molar-refractivity contribution in [3.63, 3.8) is 0 Å². The Balaban J connectivity index is 1.74. The lowest BCUT2D eigenvalue weighted by Crippen LogP contribution is -2.15. The van der Waals surface area contributed by atoms with E-state index in [0.717, 1.165) is 0 Å². The van der Waals surface area contributed by atoms with Crippen molar-refractivity contribution in [2.45, 2.75) is 0 Å². The minimum absolute atomic E-state index is 0.0376. The molecule has 0 spiro atoms. The van der Waals surface area contributed by atoms with Gasteiger partial charge in [-0.3, -0.25) is 19.9 Å². The van der Waals surface area contributed by atoms with Gasteiger partial charge in [-0.2, -0.15) is 5.10 Å². The predicted molar refractivity (Wildman–Crippen MR) is 92.4 cm³/mol. The molecule has 1 heterocycles. The number of hydrogen-bond acceptors (Lipinski definition) is 7. The summed E-state index contributed by atoms with van der Waals surface area (Å²) < 4.78 is 0. The molecule has 0 aliphatic heterocycles. The van der Waals surface area contributed by atoms with Crippen molar-refractivity contribution in [2.24, 2.45) is 5.10 Å². The van der Waals surface area contributed by atoms with Gasteiger partial charge in [-0.05, 0) is 0 Å². The van der Waals surface area contributed by atoms with E-state index in [2.05, 4.69) is 25.7 Å². The van der Waals surface area contributed by atoms with Gasteiger partial charge in [0.15, 0.2) is 5.69 Å². The first-order valence-electron chi connectivity index (χ1n) is 7.19. The van der Waals surface area contributed by atoms with Gasteiger partial charge in [0.2, 0.25) is 5.95 Å². The van der Waals surface area contributed by atoms with E-state index in [9.17, 15) is 14.9 Å². The average Bonchev–Trinajstić information content (AvgIpc) is 2.63. The Morgan fingerprint density at radius 1 is 1.12 bits per heavy atom. The van der Waals surface area contributed by atoms with E-state index in [0.29, 0.717) is 11.1 Å². The molecule has 0 aliphatic rings. The molecule has 25 heavy (non-hydrogen) atoms. The summed E-state index contributed by atoms with van der Waals surface area (Å²) in [6, 6.07) is 14.9. The van der Waals surface area contributed by atoms with Crippen LogP contribution in [-0.2, 0) is 0 Å². The Bertz CT molecular complexity index is 984. The number of rotatable bonds is 5. The Labute approximate surface area is 141 Å². The molecular weight excluding hydrogens is 324 g/mol. The van der Waals surface area contributed by atoms with E-state index < -0.39 is 10.5 Å². The van der Waals surface area contributed by atoms with Crippen LogP contribution in [0.2, 0.25) is 0 Å². The largest absolute Gasteiger partial charge is 0.288 e. The van der Waals surface area contributed by atoms with Crippen LogP contribution in [-0.4, -0.2) is 26.3 Å². The maximum Gasteiger partial charge on any atom is 0.279 e. The fourth-order valence-corrected chi connectivity index (χ4v) is 2.06. The Morgan fingerprint density at radius 2 is 1.92 bits per heavy atom. The molecule has 0 atom stereocenters. The Kier molecular flexibility index (Phi) is 4.56. The van der Waals surface area contributed by atoms with E-state index in [1.807, 2.05) is 6.07 Å². The van der Waals surface area contributed by atoms with Gasteiger partial charge in [0, 0.05) is 23.3 Å². The fraction of sp³-hybridized carbons (Fsp3) is 0. The summed E-state index contributed by atoms with van der Waals surface area (Å²) in [5, 5.41) is 22.4. The minimum Gasteiger partial charge on any atom is -0.288 e. The maximum absolute atomic E-state index is 12.1. The number of H-pyrrole nitrogens is 1. The number of aromatic nitrogens is 3. The van der Waals surface area contributed by atoms with Crippen LogP contribution in [0.1, 0.15) is 5.56 Å². The van der Waals surface area contributed by atoms with Gasteiger partial charge in [-0.1, -0.05) is 42.5 Å². The molecule has 9 heteroatoms. The zero-order valence-corrected chi connectivity index (χ0v) is 12.8. The molecule has 0 bridgehead atoms. The summed E-state index contributed by atoms with van der Waals surface area (Å²) in [4.78, 5) is 24.8. The van der Waals surface area contributed by atoms with Crippen molar-refractivity contribution in [1.82, 2.24) is 15.2 Å². The zero-order chi connectivity index (χ0) is 17.6. The van der Waals surface area contributed by atoms with Gasteiger partial charge >= 0.3 is 0 Å². The lowest BCUT2D eigenvalue weighted by molar-refractivity contribution is -0.384.